The molecule has 0 saturated heterocycles. The van der Waals surface area contributed by atoms with Crippen LogP contribution in [0, 0.1) is 5.92 Å². The highest BCUT2D eigenvalue weighted by atomic mass is 16.3. The highest BCUT2D eigenvalue weighted by Crippen LogP contribution is 2.41. The first-order chi connectivity index (χ1) is 7.27. The van der Waals surface area contributed by atoms with Gasteiger partial charge in [-0.1, -0.05) is 24.3 Å². The van der Waals surface area contributed by atoms with Crippen molar-refractivity contribution >= 4 is 5.78 Å². The number of fused-ring (bicyclic) bond motifs is 4. The number of hydrogen-bond acceptors (Lipinski definition) is 2. The number of rotatable bonds is 0. The highest BCUT2D eigenvalue weighted by molar-refractivity contribution is 5.91. The van der Waals surface area contributed by atoms with Gasteiger partial charge in [-0.25, -0.2) is 0 Å². The monoisotopic (exact) mass is 202 g/mol. The van der Waals surface area contributed by atoms with Crippen LogP contribution >= 0.6 is 0 Å². The zero-order chi connectivity index (χ0) is 10.4. The average molecular weight is 202 g/mol. The first-order valence-electron chi connectivity index (χ1n) is 5.57. The van der Waals surface area contributed by atoms with E-state index in [2.05, 4.69) is 12.1 Å². The molecule has 1 saturated carbocycles. The van der Waals surface area contributed by atoms with Crippen LogP contribution in [0.4, 0.5) is 0 Å². The fraction of sp³-hybridized carbons (Fsp3) is 0.462. The number of aliphatic hydroxyl groups is 1. The van der Waals surface area contributed by atoms with Gasteiger partial charge in [0.2, 0.25) is 0 Å². The Morgan fingerprint density at radius 1 is 1.20 bits per heavy atom. The molecular weight excluding hydrogens is 188 g/mol. The average Bonchev–Trinajstić information content (AvgIpc) is 2.24. The van der Waals surface area contributed by atoms with E-state index in [9.17, 15) is 9.90 Å². The van der Waals surface area contributed by atoms with Crippen molar-refractivity contribution in [2.75, 3.05) is 0 Å². The van der Waals surface area contributed by atoms with E-state index in [4.69, 9.17) is 0 Å². The Morgan fingerprint density at radius 2 is 2.00 bits per heavy atom. The fourth-order valence-corrected chi connectivity index (χ4v) is 2.97. The lowest BCUT2D eigenvalue weighted by Gasteiger charge is -2.37. The molecule has 1 fully saturated rings. The fourth-order valence-electron chi connectivity index (χ4n) is 2.97. The number of carbonyl (C=O) groups excluding carboxylic acids is 1. The summed E-state index contributed by atoms with van der Waals surface area (Å²) in [6, 6.07) is 8.15. The van der Waals surface area contributed by atoms with E-state index in [1.165, 1.54) is 11.1 Å². The number of ketones is 1. The van der Waals surface area contributed by atoms with Gasteiger partial charge in [-0.3, -0.25) is 4.79 Å². The Balaban J connectivity index is 2.10. The molecule has 15 heavy (non-hydrogen) atoms. The second-order valence-corrected chi connectivity index (χ2v) is 4.61. The van der Waals surface area contributed by atoms with Crippen LogP contribution in [0.25, 0.3) is 0 Å². The summed E-state index contributed by atoms with van der Waals surface area (Å²) in [6.45, 7) is 0. The van der Waals surface area contributed by atoms with Crippen molar-refractivity contribution in [1.29, 1.82) is 0 Å². The van der Waals surface area contributed by atoms with Crippen molar-refractivity contribution in [3.63, 3.8) is 0 Å². The van der Waals surface area contributed by atoms with E-state index >= 15 is 0 Å². The van der Waals surface area contributed by atoms with Gasteiger partial charge in [-0.15, -0.1) is 0 Å². The largest absolute Gasteiger partial charge is 0.392 e. The molecule has 2 bridgehead atoms. The van der Waals surface area contributed by atoms with Crippen LogP contribution in [0.2, 0.25) is 0 Å². The van der Waals surface area contributed by atoms with Crippen LogP contribution < -0.4 is 0 Å². The molecule has 2 heteroatoms. The summed E-state index contributed by atoms with van der Waals surface area (Å²) < 4.78 is 0. The Hall–Kier alpha value is -1.15. The van der Waals surface area contributed by atoms with Gasteiger partial charge >= 0.3 is 0 Å². The second-order valence-electron chi connectivity index (χ2n) is 4.61. The third kappa shape index (κ3) is 1.25. The van der Waals surface area contributed by atoms with E-state index in [0.29, 0.717) is 0 Å². The molecule has 1 N–H and O–H groups in total. The van der Waals surface area contributed by atoms with Crippen molar-refractivity contribution in [3.05, 3.63) is 35.4 Å². The van der Waals surface area contributed by atoms with Crippen LogP contribution in [-0.4, -0.2) is 17.0 Å². The molecule has 3 rings (SSSR count). The standard InChI is InChI=1S/C13H14O2/c14-12-6-5-10-9-4-2-1-3-8(9)7-11(12)13(10)15/h1-4,10-12,14H,5-7H2/t10-,11-,12+/m1/s1. The highest BCUT2D eigenvalue weighted by Gasteiger charge is 2.42. The molecule has 2 nitrogen and oxygen atoms in total. The maximum atomic E-state index is 12.0. The third-order valence-corrected chi connectivity index (χ3v) is 3.79. The molecule has 78 valence electrons. The molecule has 1 aromatic rings. The molecule has 0 aromatic heterocycles. The van der Waals surface area contributed by atoms with Gasteiger partial charge in [0.25, 0.3) is 0 Å². The molecule has 0 radical (unpaired) electrons. The minimum absolute atomic E-state index is 0.0587. The number of benzene rings is 1. The molecule has 3 atom stereocenters. The van der Waals surface area contributed by atoms with E-state index in [1.807, 2.05) is 12.1 Å². The van der Waals surface area contributed by atoms with E-state index < -0.39 is 6.10 Å². The lowest BCUT2D eigenvalue weighted by molar-refractivity contribution is -0.132. The smallest absolute Gasteiger partial charge is 0.146 e. The Kier molecular flexibility index (Phi) is 1.93. The van der Waals surface area contributed by atoms with E-state index in [0.717, 1.165) is 19.3 Å². The Labute approximate surface area is 88.9 Å². The quantitative estimate of drug-likeness (QED) is 0.694. The number of aliphatic hydroxyl groups excluding tert-OH is 1. The predicted octanol–water partition coefficient (Wildman–Crippen LogP) is 1.67. The van der Waals surface area contributed by atoms with Crippen molar-refractivity contribution in [2.45, 2.75) is 31.3 Å². The van der Waals surface area contributed by atoms with E-state index in [1.54, 1.807) is 0 Å². The van der Waals surface area contributed by atoms with Crippen LogP contribution in [0.3, 0.4) is 0 Å². The van der Waals surface area contributed by atoms with Crippen molar-refractivity contribution in [2.24, 2.45) is 5.92 Å². The molecule has 1 aromatic carbocycles. The van der Waals surface area contributed by atoms with E-state index in [-0.39, 0.29) is 17.6 Å². The van der Waals surface area contributed by atoms with Crippen LogP contribution in [0.1, 0.15) is 29.9 Å². The van der Waals surface area contributed by atoms with Crippen molar-refractivity contribution in [3.8, 4) is 0 Å². The summed E-state index contributed by atoms with van der Waals surface area (Å²) >= 11 is 0. The van der Waals surface area contributed by atoms with Gasteiger partial charge in [-0.05, 0) is 30.4 Å². The van der Waals surface area contributed by atoms with Gasteiger partial charge in [-0.2, -0.15) is 0 Å². The predicted molar refractivity (Wildman–Crippen MR) is 56.6 cm³/mol. The number of carbonyl (C=O) groups is 1. The van der Waals surface area contributed by atoms with Gasteiger partial charge in [0.05, 0.1) is 6.10 Å². The molecule has 2 aliphatic rings. The van der Waals surface area contributed by atoms with Crippen LogP contribution in [-0.2, 0) is 11.2 Å². The van der Waals surface area contributed by atoms with Crippen molar-refractivity contribution in [1.82, 2.24) is 0 Å². The van der Waals surface area contributed by atoms with Gasteiger partial charge in [0.15, 0.2) is 0 Å². The maximum Gasteiger partial charge on any atom is 0.146 e. The minimum atomic E-state index is -0.415. The molecule has 0 unspecified atom stereocenters. The third-order valence-electron chi connectivity index (χ3n) is 3.79. The minimum Gasteiger partial charge on any atom is -0.392 e. The summed E-state index contributed by atoms with van der Waals surface area (Å²) in [5.74, 6) is 0.175. The number of hydrogen-bond donors (Lipinski definition) is 1. The lowest BCUT2D eigenvalue weighted by Crippen LogP contribution is -2.42. The topological polar surface area (TPSA) is 37.3 Å². The zero-order valence-corrected chi connectivity index (χ0v) is 8.52. The molecule has 2 aliphatic carbocycles. The zero-order valence-electron chi connectivity index (χ0n) is 8.52. The summed E-state index contributed by atoms with van der Waals surface area (Å²) in [5.41, 5.74) is 2.46. The molecule has 0 spiro atoms. The van der Waals surface area contributed by atoms with Crippen LogP contribution in [0.15, 0.2) is 24.3 Å². The normalized spacial score (nSPS) is 33.7. The molecule has 0 heterocycles. The summed E-state index contributed by atoms with van der Waals surface area (Å²) in [7, 11) is 0. The first kappa shape index (κ1) is 9.10. The SMILES string of the molecule is O=C1[C@@H]2CC[C@H](O)[C@H]1Cc1ccccc12. The lowest BCUT2D eigenvalue weighted by atomic mass is 9.67. The Bertz CT molecular complexity index is 411. The second kappa shape index (κ2) is 3.17. The van der Waals surface area contributed by atoms with Crippen molar-refractivity contribution < 1.29 is 9.90 Å². The summed E-state index contributed by atoms with van der Waals surface area (Å²) in [4.78, 5) is 12.0. The van der Waals surface area contributed by atoms with Gasteiger partial charge in [0, 0.05) is 11.8 Å². The molecule has 0 aliphatic heterocycles. The first-order valence-corrected chi connectivity index (χ1v) is 5.57. The number of Topliss-reactive ketones (excluding diaryl/α,β-unsaturated/α-hetero) is 1. The Morgan fingerprint density at radius 3 is 2.87 bits per heavy atom. The molecule has 0 amide bonds. The maximum absolute atomic E-state index is 12.0. The summed E-state index contributed by atoms with van der Waals surface area (Å²) in [5, 5.41) is 9.80. The van der Waals surface area contributed by atoms with Gasteiger partial charge in [0.1, 0.15) is 5.78 Å². The van der Waals surface area contributed by atoms with Crippen LogP contribution in [0.5, 0.6) is 0 Å². The van der Waals surface area contributed by atoms with Gasteiger partial charge < -0.3 is 5.11 Å². The summed E-state index contributed by atoms with van der Waals surface area (Å²) in [6.07, 6.45) is 1.90. The molecular formula is C13H14O2.